The van der Waals surface area contributed by atoms with Crippen LogP contribution >= 0.6 is 12.2 Å². The third kappa shape index (κ3) is 3.31. The molecule has 2 aliphatic rings. The monoisotopic (exact) mass is 378 g/mol. The van der Waals surface area contributed by atoms with Crippen molar-refractivity contribution in [3.8, 4) is 0 Å². The van der Waals surface area contributed by atoms with E-state index in [0.29, 0.717) is 11.8 Å². The van der Waals surface area contributed by atoms with Gasteiger partial charge in [0.25, 0.3) is 0 Å². The SMILES string of the molecule is CCN(CC)CN1N=C2c3ccccc3N=C(c3ccccc3)N2NC1=S. The number of hydrogen-bond donors (Lipinski definition) is 1. The van der Waals surface area contributed by atoms with Crippen molar-refractivity contribution in [3.63, 3.8) is 0 Å². The first-order valence-corrected chi connectivity index (χ1v) is 9.54. The van der Waals surface area contributed by atoms with Crippen LogP contribution in [0.15, 0.2) is 64.7 Å². The average molecular weight is 379 g/mol. The van der Waals surface area contributed by atoms with Crippen molar-refractivity contribution >= 4 is 34.7 Å². The second kappa shape index (κ2) is 7.46. The summed E-state index contributed by atoms with van der Waals surface area (Å²) >= 11 is 5.60. The van der Waals surface area contributed by atoms with Gasteiger partial charge in [0.1, 0.15) is 0 Å². The van der Waals surface area contributed by atoms with Gasteiger partial charge < -0.3 is 0 Å². The molecular formula is C20H22N6S. The van der Waals surface area contributed by atoms with E-state index in [1.54, 1.807) is 0 Å². The minimum absolute atomic E-state index is 0.564. The molecule has 0 radical (unpaired) electrons. The highest BCUT2D eigenvalue weighted by atomic mass is 32.1. The Kier molecular flexibility index (Phi) is 4.87. The molecule has 0 bridgehead atoms. The number of hydrogen-bond acceptors (Lipinski definition) is 5. The summed E-state index contributed by atoms with van der Waals surface area (Å²) in [5.74, 6) is 1.60. The number of hydrazine groups is 1. The Bertz CT molecular complexity index is 904. The fourth-order valence-corrected chi connectivity index (χ4v) is 3.34. The van der Waals surface area contributed by atoms with Crippen molar-refractivity contribution in [2.45, 2.75) is 13.8 Å². The van der Waals surface area contributed by atoms with E-state index < -0.39 is 0 Å². The maximum atomic E-state index is 5.60. The molecule has 0 aliphatic carbocycles. The first kappa shape index (κ1) is 17.6. The molecule has 0 saturated heterocycles. The number of nitrogens with zero attached hydrogens (tertiary/aromatic N) is 5. The zero-order chi connectivity index (χ0) is 18.8. The second-order valence-electron chi connectivity index (χ2n) is 6.34. The predicted molar refractivity (Wildman–Crippen MR) is 113 cm³/mol. The molecule has 0 fully saturated rings. The van der Waals surface area contributed by atoms with Crippen LogP contribution in [0.2, 0.25) is 0 Å². The minimum atomic E-state index is 0.564. The quantitative estimate of drug-likeness (QED) is 0.810. The van der Waals surface area contributed by atoms with Crippen LogP contribution in [-0.2, 0) is 0 Å². The summed E-state index contributed by atoms with van der Waals surface area (Å²) in [7, 11) is 0. The normalized spacial score (nSPS) is 15.7. The fourth-order valence-electron chi connectivity index (χ4n) is 3.15. The molecule has 6 nitrogen and oxygen atoms in total. The number of aliphatic imine (C=N–C) groups is 1. The van der Waals surface area contributed by atoms with E-state index in [0.717, 1.165) is 41.6 Å². The highest BCUT2D eigenvalue weighted by Gasteiger charge is 2.33. The Morgan fingerprint density at radius 1 is 0.963 bits per heavy atom. The van der Waals surface area contributed by atoms with E-state index in [2.05, 4.69) is 24.2 Å². The van der Waals surface area contributed by atoms with Gasteiger partial charge in [-0.15, -0.1) is 5.10 Å². The van der Waals surface area contributed by atoms with Crippen molar-refractivity contribution in [1.82, 2.24) is 20.3 Å². The van der Waals surface area contributed by atoms with Gasteiger partial charge in [0.05, 0.1) is 12.4 Å². The highest BCUT2D eigenvalue weighted by Crippen LogP contribution is 2.29. The predicted octanol–water partition coefficient (Wildman–Crippen LogP) is 3.15. The topological polar surface area (TPSA) is 46.5 Å². The van der Waals surface area contributed by atoms with Crippen LogP contribution in [0.25, 0.3) is 0 Å². The molecule has 1 N–H and O–H groups in total. The van der Waals surface area contributed by atoms with E-state index in [-0.39, 0.29) is 0 Å². The van der Waals surface area contributed by atoms with Crippen LogP contribution in [0, 0.1) is 0 Å². The van der Waals surface area contributed by atoms with Gasteiger partial charge >= 0.3 is 0 Å². The van der Waals surface area contributed by atoms with Gasteiger partial charge in [-0.2, -0.15) is 0 Å². The molecule has 2 aliphatic heterocycles. The lowest BCUT2D eigenvalue weighted by atomic mass is 10.1. The molecule has 7 heteroatoms. The van der Waals surface area contributed by atoms with Gasteiger partial charge in [-0.25, -0.2) is 15.0 Å². The standard InChI is InChI=1S/C20H22N6S/c1-3-24(4-2)14-25-20(27)23-26-18(15-10-6-5-7-11-15)21-17-13-9-8-12-16(17)19(26)22-25/h5-13H,3-4,14H2,1-2H3,(H,23,27). The smallest absolute Gasteiger partial charge is 0.210 e. The minimum Gasteiger partial charge on any atom is -0.285 e. The molecule has 0 spiro atoms. The fraction of sp³-hybridized carbons (Fsp3) is 0.250. The van der Waals surface area contributed by atoms with Crippen molar-refractivity contribution < 1.29 is 0 Å². The molecule has 0 unspecified atom stereocenters. The molecule has 0 saturated carbocycles. The van der Waals surface area contributed by atoms with Gasteiger partial charge in [-0.3, -0.25) is 10.3 Å². The Morgan fingerprint density at radius 2 is 1.67 bits per heavy atom. The molecule has 27 heavy (non-hydrogen) atoms. The lowest BCUT2D eigenvalue weighted by Crippen LogP contribution is -2.60. The van der Waals surface area contributed by atoms with Gasteiger partial charge in [0.2, 0.25) is 5.11 Å². The molecule has 138 valence electrons. The third-order valence-corrected chi connectivity index (χ3v) is 5.01. The van der Waals surface area contributed by atoms with E-state index >= 15 is 0 Å². The van der Waals surface area contributed by atoms with Gasteiger partial charge in [-0.1, -0.05) is 56.3 Å². The molecule has 0 amide bonds. The number of nitrogens with one attached hydrogen (secondary N) is 1. The maximum absolute atomic E-state index is 5.60. The third-order valence-electron chi connectivity index (χ3n) is 4.71. The number of benzene rings is 2. The Morgan fingerprint density at radius 3 is 2.41 bits per heavy atom. The van der Waals surface area contributed by atoms with Crippen LogP contribution < -0.4 is 5.43 Å². The molecule has 4 rings (SSSR count). The van der Waals surface area contributed by atoms with E-state index in [1.807, 2.05) is 64.6 Å². The van der Waals surface area contributed by atoms with Crippen LogP contribution in [0.1, 0.15) is 25.0 Å². The average Bonchev–Trinajstić information content (AvgIpc) is 2.72. The summed E-state index contributed by atoms with van der Waals surface area (Å²) in [6, 6.07) is 18.1. The van der Waals surface area contributed by atoms with Crippen molar-refractivity contribution in [1.29, 1.82) is 0 Å². The zero-order valence-electron chi connectivity index (χ0n) is 15.5. The lowest BCUT2D eigenvalue weighted by Gasteiger charge is -2.39. The first-order chi connectivity index (χ1) is 13.2. The Hall–Kier alpha value is -2.77. The molecule has 0 atom stereocenters. The number of hydrazone groups is 1. The van der Waals surface area contributed by atoms with Crippen molar-refractivity contribution in [2.24, 2.45) is 10.1 Å². The molecule has 2 aromatic carbocycles. The summed E-state index contributed by atoms with van der Waals surface area (Å²) in [4.78, 5) is 7.14. The van der Waals surface area contributed by atoms with Crippen molar-refractivity contribution in [2.75, 3.05) is 19.8 Å². The van der Waals surface area contributed by atoms with E-state index in [9.17, 15) is 0 Å². The zero-order valence-corrected chi connectivity index (χ0v) is 16.3. The first-order valence-electron chi connectivity index (χ1n) is 9.14. The summed E-state index contributed by atoms with van der Waals surface area (Å²) in [6.07, 6.45) is 0. The summed E-state index contributed by atoms with van der Waals surface area (Å²) < 4.78 is 0. The number of thiocarbonyl (C=S) groups is 1. The summed E-state index contributed by atoms with van der Waals surface area (Å²) in [5, 5.41) is 9.18. The van der Waals surface area contributed by atoms with Crippen LogP contribution in [0.3, 0.4) is 0 Å². The Balaban J connectivity index is 1.79. The van der Waals surface area contributed by atoms with Crippen LogP contribution in [-0.4, -0.2) is 51.5 Å². The van der Waals surface area contributed by atoms with E-state index in [1.165, 1.54) is 0 Å². The molecule has 2 heterocycles. The maximum Gasteiger partial charge on any atom is 0.210 e. The van der Waals surface area contributed by atoms with Crippen LogP contribution in [0.5, 0.6) is 0 Å². The highest BCUT2D eigenvalue weighted by molar-refractivity contribution is 7.80. The molecule has 2 aromatic rings. The summed E-state index contributed by atoms with van der Waals surface area (Å²) in [5.41, 5.74) is 6.21. The summed E-state index contributed by atoms with van der Waals surface area (Å²) in [6.45, 7) is 6.81. The Labute approximate surface area is 164 Å². The van der Waals surface area contributed by atoms with Gasteiger partial charge in [-0.05, 0) is 37.4 Å². The number of para-hydroxylation sites is 1. The number of rotatable bonds is 5. The lowest BCUT2D eigenvalue weighted by molar-refractivity contribution is 0.194. The molecular weight excluding hydrogens is 356 g/mol. The largest absolute Gasteiger partial charge is 0.285 e. The van der Waals surface area contributed by atoms with E-state index in [4.69, 9.17) is 22.3 Å². The van der Waals surface area contributed by atoms with Gasteiger partial charge in [0.15, 0.2) is 11.7 Å². The molecule has 0 aromatic heterocycles. The van der Waals surface area contributed by atoms with Crippen LogP contribution in [0.4, 0.5) is 5.69 Å². The van der Waals surface area contributed by atoms with Gasteiger partial charge in [0, 0.05) is 11.1 Å². The second-order valence-corrected chi connectivity index (χ2v) is 6.73. The van der Waals surface area contributed by atoms with Crippen molar-refractivity contribution in [3.05, 3.63) is 65.7 Å². The number of amidine groups is 2. The number of fused-ring (bicyclic) bond motifs is 3.